The minimum absolute atomic E-state index is 0.0226. The second-order valence-electron chi connectivity index (χ2n) is 9.27. The van der Waals surface area contributed by atoms with Gasteiger partial charge < -0.3 is 20.5 Å². The highest BCUT2D eigenvalue weighted by Crippen LogP contribution is 2.45. The Morgan fingerprint density at radius 1 is 0.943 bits per heavy atom. The van der Waals surface area contributed by atoms with E-state index in [2.05, 4.69) is 22.8 Å². The van der Waals surface area contributed by atoms with Gasteiger partial charge in [-0.05, 0) is 66.1 Å². The first kappa shape index (κ1) is 22.7. The largest absolute Gasteiger partial charge is 0.478 e. The molecule has 3 N–H and O–H groups in total. The van der Waals surface area contributed by atoms with Crippen molar-refractivity contribution < 1.29 is 24.2 Å². The van der Waals surface area contributed by atoms with Crippen molar-refractivity contribution in [2.45, 2.75) is 31.2 Å². The number of carboxylic acid groups (broad SMARTS) is 1. The molecule has 1 atom stereocenters. The van der Waals surface area contributed by atoms with E-state index in [0.717, 1.165) is 35.1 Å². The van der Waals surface area contributed by atoms with Crippen molar-refractivity contribution in [3.05, 3.63) is 89.5 Å². The molecule has 1 saturated carbocycles. The number of amides is 2. The van der Waals surface area contributed by atoms with E-state index < -0.39 is 23.5 Å². The molecule has 178 valence electrons. The smallest absolute Gasteiger partial charge is 0.408 e. The number of hydrogen-bond acceptors (Lipinski definition) is 4. The van der Waals surface area contributed by atoms with E-state index in [-0.39, 0.29) is 24.0 Å². The van der Waals surface area contributed by atoms with Crippen molar-refractivity contribution in [2.75, 3.05) is 11.9 Å². The van der Waals surface area contributed by atoms with Crippen molar-refractivity contribution >= 4 is 23.7 Å². The molecule has 0 radical (unpaired) electrons. The van der Waals surface area contributed by atoms with Crippen molar-refractivity contribution in [2.24, 2.45) is 5.92 Å². The monoisotopic (exact) mass is 470 g/mol. The number of benzene rings is 3. The SMILES string of the molecule is CC(NC(=O)OCC1c2ccccc2-c2ccccc21)(C(=O)Nc1cccc(C(=O)O)c1)C1CC1. The topological polar surface area (TPSA) is 105 Å². The van der Waals surface area contributed by atoms with Crippen LogP contribution >= 0.6 is 0 Å². The molecule has 3 aromatic carbocycles. The number of carboxylic acids is 1. The summed E-state index contributed by atoms with van der Waals surface area (Å²) in [5.41, 5.74) is 3.76. The minimum Gasteiger partial charge on any atom is -0.478 e. The van der Waals surface area contributed by atoms with E-state index >= 15 is 0 Å². The minimum atomic E-state index is -1.18. The van der Waals surface area contributed by atoms with Gasteiger partial charge in [-0.15, -0.1) is 0 Å². The van der Waals surface area contributed by atoms with Crippen LogP contribution in [-0.2, 0) is 9.53 Å². The summed E-state index contributed by atoms with van der Waals surface area (Å²) in [7, 11) is 0. The van der Waals surface area contributed by atoms with Crippen LogP contribution in [0.4, 0.5) is 10.5 Å². The third kappa shape index (κ3) is 4.37. The highest BCUT2D eigenvalue weighted by atomic mass is 16.5. The number of carbonyl (C=O) groups excluding carboxylic acids is 2. The summed E-state index contributed by atoms with van der Waals surface area (Å²) in [6, 6.07) is 22.2. The van der Waals surface area contributed by atoms with Gasteiger partial charge in [-0.1, -0.05) is 54.6 Å². The Labute approximate surface area is 203 Å². The fraction of sp³-hybridized carbons (Fsp3) is 0.250. The third-order valence-electron chi connectivity index (χ3n) is 6.94. The molecule has 3 aromatic rings. The summed E-state index contributed by atoms with van der Waals surface area (Å²) < 4.78 is 5.66. The molecule has 0 spiro atoms. The lowest BCUT2D eigenvalue weighted by atomic mass is 9.94. The normalized spacial score (nSPS) is 15.9. The molecule has 35 heavy (non-hydrogen) atoms. The van der Waals surface area contributed by atoms with Gasteiger partial charge >= 0.3 is 12.1 Å². The predicted molar refractivity (Wildman–Crippen MR) is 131 cm³/mol. The van der Waals surface area contributed by atoms with Gasteiger partial charge in [0.2, 0.25) is 5.91 Å². The second kappa shape index (κ2) is 8.91. The Bertz CT molecular complexity index is 1270. The Morgan fingerprint density at radius 2 is 1.57 bits per heavy atom. The highest BCUT2D eigenvalue weighted by molar-refractivity contribution is 6.01. The summed E-state index contributed by atoms with van der Waals surface area (Å²) in [5, 5.41) is 14.8. The lowest BCUT2D eigenvalue weighted by molar-refractivity contribution is -0.122. The van der Waals surface area contributed by atoms with Crippen LogP contribution in [0.3, 0.4) is 0 Å². The maximum absolute atomic E-state index is 13.2. The maximum Gasteiger partial charge on any atom is 0.408 e. The summed E-state index contributed by atoms with van der Waals surface area (Å²) in [4.78, 5) is 37.3. The van der Waals surface area contributed by atoms with Gasteiger partial charge in [-0.25, -0.2) is 9.59 Å². The van der Waals surface area contributed by atoms with Gasteiger partial charge in [-0.3, -0.25) is 4.79 Å². The van der Waals surface area contributed by atoms with Crippen molar-refractivity contribution in [1.29, 1.82) is 0 Å². The molecule has 7 nitrogen and oxygen atoms in total. The zero-order chi connectivity index (χ0) is 24.6. The van der Waals surface area contributed by atoms with Gasteiger partial charge in [0.15, 0.2) is 0 Å². The van der Waals surface area contributed by atoms with Gasteiger partial charge in [-0.2, -0.15) is 0 Å². The van der Waals surface area contributed by atoms with E-state index in [4.69, 9.17) is 4.74 Å². The maximum atomic E-state index is 13.2. The summed E-state index contributed by atoms with van der Waals surface area (Å²) >= 11 is 0. The van der Waals surface area contributed by atoms with E-state index in [1.54, 1.807) is 19.1 Å². The number of rotatable bonds is 7. The number of aromatic carboxylic acids is 1. The molecule has 1 fully saturated rings. The molecule has 1 unspecified atom stereocenters. The van der Waals surface area contributed by atoms with Crippen LogP contribution in [0, 0.1) is 5.92 Å². The second-order valence-corrected chi connectivity index (χ2v) is 9.27. The van der Waals surface area contributed by atoms with Crippen LogP contribution in [0.2, 0.25) is 0 Å². The van der Waals surface area contributed by atoms with E-state index in [9.17, 15) is 19.5 Å². The molecular weight excluding hydrogens is 444 g/mol. The number of hydrogen-bond donors (Lipinski definition) is 3. The van der Waals surface area contributed by atoms with Gasteiger partial charge in [0.05, 0.1) is 5.56 Å². The van der Waals surface area contributed by atoms with E-state index in [1.165, 1.54) is 12.1 Å². The fourth-order valence-electron chi connectivity index (χ4n) is 4.84. The van der Waals surface area contributed by atoms with Crippen molar-refractivity contribution in [3.63, 3.8) is 0 Å². The number of carbonyl (C=O) groups is 3. The molecule has 0 heterocycles. The van der Waals surface area contributed by atoms with Crippen LogP contribution in [0.15, 0.2) is 72.8 Å². The number of fused-ring (bicyclic) bond motifs is 3. The number of anilines is 1. The van der Waals surface area contributed by atoms with Gasteiger partial charge in [0, 0.05) is 11.6 Å². The number of nitrogens with one attached hydrogen (secondary N) is 2. The van der Waals surface area contributed by atoms with Gasteiger partial charge in [0.25, 0.3) is 0 Å². The van der Waals surface area contributed by atoms with Crippen LogP contribution in [0.5, 0.6) is 0 Å². The number of ether oxygens (including phenoxy) is 1. The molecule has 7 heteroatoms. The van der Waals surface area contributed by atoms with Gasteiger partial charge in [0.1, 0.15) is 12.1 Å². The highest BCUT2D eigenvalue weighted by Gasteiger charge is 2.49. The summed E-state index contributed by atoms with van der Waals surface area (Å²) in [5.74, 6) is -1.59. The Kier molecular flexibility index (Phi) is 5.76. The fourth-order valence-corrected chi connectivity index (χ4v) is 4.84. The molecule has 0 bridgehead atoms. The Hall–Kier alpha value is -4.13. The molecule has 2 aliphatic carbocycles. The standard InChI is InChI=1S/C28H26N2O5/c1-28(18-13-14-18,26(33)29-19-8-6-7-17(15-19)25(31)32)30-27(34)35-16-24-22-11-4-2-9-20(22)21-10-3-5-12-23(21)24/h2-12,15,18,24H,13-14,16H2,1H3,(H,29,33)(H,30,34)(H,31,32). The van der Waals surface area contributed by atoms with E-state index in [0.29, 0.717) is 5.69 Å². The first-order valence-electron chi connectivity index (χ1n) is 11.6. The Balaban J connectivity index is 1.28. The zero-order valence-corrected chi connectivity index (χ0v) is 19.3. The van der Waals surface area contributed by atoms with Crippen LogP contribution in [0.25, 0.3) is 11.1 Å². The van der Waals surface area contributed by atoms with Crippen molar-refractivity contribution in [3.8, 4) is 11.1 Å². The lowest BCUT2D eigenvalue weighted by Crippen LogP contribution is -2.56. The molecule has 0 aliphatic heterocycles. The molecule has 5 rings (SSSR count). The van der Waals surface area contributed by atoms with E-state index in [1.807, 2.05) is 36.4 Å². The van der Waals surface area contributed by atoms with Crippen LogP contribution in [0.1, 0.15) is 47.2 Å². The first-order valence-corrected chi connectivity index (χ1v) is 11.6. The summed E-state index contributed by atoms with van der Waals surface area (Å²) in [6.07, 6.45) is 0.960. The molecule has 2 aliphatic rings. The molecule has 0 saturated heterocycles. The summed E-state index contributed by atoms with van der Waals surface area (Å²) in [6.45, 7) is 1.84. The average Bonchev–Trinajstić information content (AvgIpc) is 3.67. The molecular formula is C28H26N2O5. The average molecular weight is 471 g/mol. The third-order valence-corrected chi connectivity index (χ3v) is 6.94. The lowest BCUT2D eigenvalue weighted by Gasteiger charge is -2.29. The molecule has 0 aromatic heterocycles. The first-order chi connectivity index (χ1) is 16.9. The van der Waals surface area contributed by atoms with Crippen molar-refractivity contribution in [1.82, 2.24) is 5.32 Å². The zero-order valence-electron chi connectivity index (χ0n) is 19.3. The quantitative estimate of drug-likeness (QED) is 0.449. The van der Waals surface area contributed by atoms with Crippen LogP contribution in [-0.4, -0.2) is 35.2 Å². The molecule has 2 amide bonds. The van der Waals surface area contributed by atoms with Crippen LogP contribution < -0.4 is 10.6 Å². The Morgan fingerprint density at radius 3 is 2.17 bits per heavy atom. The number of alkyl carbamates (subject to hydrolysis) is 1. The predicted octanol–water partition coefficient (Wildman–Crippen LogP) is 5.03.